The van der Waals surface area contributed by atoms with Gasteiger partial charge in [0.2, 0.25) is 5.91 Å². The van der Waals surface area contributed by atoms with Crippen molar-refractivity contribution in [2.24, 2.45) is 0 Å². The van der Waals surface area contributed by atoms with Crippen LogP contribution in [0.3, 0.4) is 0 Å². The molecule has 0 aromatic carbocycles. The van der Waals surface area contributed by atoms with Gasteiger partial charge in [0.05, 0.1) is 6.54 Å². The lowest BCUT2D eigenvalue weighted by Gasteiger charge is -2.32. The summed E-state index contributed by atoms with van der Waals surface area (Å²) >= 11 is 0. The second kappa shape index (κ2) is 6.68. The van der Waals surface area contributed by atoms with Crippen LogP contribution < -0.4 is 5.32 Å². The Morgan fingerprint density at radius 1 is 1.53 bits per heavy atom. The topological polar surface area (TPSA) is 64.3 Å². The number of likely N-dealkylation sites (N-methyl/N-ethyl adjacent to an activating group) is 1. The molecular weight excluding hydrogens is 242 g/mol. The van der Waals surface area contributed by atoms with Crippen LogP contribution in [-0.4, -0.2) is 65.7 Å². The van der Waals surface area contributed by atoms with Crippen LogP contribution in [-0.2, 0) is 11.3 Å². The van der Waals surface area contributed by atoms with E-state index in [0.717, 1.165) is 38.2 Å². The Morgan fingerprint density at radius 3 is 2.84 bits per heavy atom. The Morgan fingerprint density at radius 2 is 2.26 bits per heavy atom. The van der Waals surface area contributed by atoms with Gasteiger partial charge in [-0.2, -0.15) is 5.10 Å². The van der Waals surface area contributed by atoms with Gasteiger partial charge in [0.25, 0.3) is 0 Å². The molecule has 0 bridgehead atoms. The summed E-state index contributed by atoms with van der Waals surface area (Å²) in [7, 11) is 3.61. The molecule has 1 fully saturated rings. The van der Waals surface area contributed by atoms with Gasteiger partial charge in [0.1, 0.15) is 0 Å². The van der Waals surface area contributed by atoms with E-state index in [1.165, 1.54) is 0 Å². The number of nitrogens with one attached hydrogen (secondary N) is 2. The Hall–Kier alpha value is -1.40. The molecule has 1 aromatic heterocycles. The summed E-state index contributed by atoms with van der Waals surface area (Å²) in [6, 6.07) is 2.52. The zero-order chi connectivity index (χ0) is 13.7. The first-order chi connectivity index (χ1) is 9.15. The molecule has 2 heterocycles. The number of carbonyl (C=O) groups is 1. The number of H-pyrrole nitrogens is 1. The van der Waals surface area contributed by atoms with Crippen molar-refractivity contribution in [3.8, 4) is 0 Å². The van der Waals surface area contributed by atoms with Crippen LogP contribution in [0.4, 0.5) is 0 Å². The lowest BCUT2D eigenvalue weighted by Crippen LogP contribution is -2.45. The van der Waals surface area contributed by atoms with Crippen LogP contribution in [0.25, 0.3) is 0 Å². The maximum atomic E-state index is 11.6. The maximum absolute atomic E-state index is 11.6. The van der Waals surface area contributed by atoms with E-state index in [2.05, 4.69) is 20.4 Å². The van der Waals surface area contributed by atoms with Gasteiger partial charge in [-0.1, -0.05) is 0 Å². The van der Waals surface area contributed by atoms with Crippen molar-refractivity contribution in [3.05, 3.63) is 18.0 Å². The third kappa shape index (κ3) is 4.33. The minimum absolute atomic E-state index is 0.184. The molecule has 19 heavy (non-hydrogen) atoms. The third-order valence-corrected chi connectivity index (χ3v) is 3.58. The summed E-state index contributed by atoms with van der Waals surface area (Å²) in [4.78, 5) is 15.5. The van der Waals surface area contributed by atoms with Crippen molar-refractivity contribution in [2.45, 2.75) is 25.4 Å². The van der Waals surface area contributed by atoms with Crippen LogP contribution in [0, 0.1) is 0 Å². The molecule has 6 heteroatoms. The van der Waals surface area contributed by atoms with Gasteiger partial charge in [-0.05, 0) is 18.9 Å². The number of aromatic nitrogens is 2. The first kappa shape index (κ1) is 14.0. The van der Waals surface area contributed by atoms with Crippen molar-refractivity contribution in [1.29, 1.82) is 0 Å². The predicted molar refractivity (Wildman–Crippen MR) is 73.6 cm³/mol. The Labute approximate surface area is 114 Å². The maximum Gasteiger partial charge on any atom is 0.236 e. The van der Waals surface area contributed by atoms with Gasteiger partial charge in [-0.15, -0.1) is 0 Å². The summed E-state index contributed by atoms with van der Waals surface area (Å²) in [6.07, 6.45) is 3.95. The SMILES string of the molecule is CN(C)C(=O)CN1CCC(NCc2ccn[nH]2)CC1. The summed E-state index contributed by atoms with van der Waals surface area (Å²) < 4.78 is 0. The first-order valence-corrected chi connectivity index (χ1v) is 6.79. The largest absolute Gasteiger partial charge is 0.348 e. The molecule has 0 aliphatic carbocycles. The van der Waals surface area contributed by atoms with Crippen molar-refractivity contribution in [2.75, 3.05) is 33.7 Å². The van der Waals surface area contributed by atoms with E-state index in [1.807, 2.05) is 6.07 Å². The second-order valence-corrected chi connectivity index (χ2v) is 5.30. The van der Waals surface area contributed by atoms with Crippen LogP contribution in [0.2, 0.25) is 0 Å². The highest BCUT2D eigenvalue weighted by Gasteiger charge is 2.20. The van der Waals surface area contributed by atoms with Crippen molar-refractivity contribution >= 4 is 5.91 Å². The van der Waals surface area contributed by atoms with E-state index in [1.54, 1.807) is 25.2 Å². The van der Waals surface area contributed by atoms with E-state index in [9.17, 15) is 4.79 Å². The zero-order valence-corrected chi connectivity index (χ0v) is 11.7. The van der Waals surface area contributed by atoms with E-state index >= 15 is 0 Å². The van der Waals surface area contributed by atoms with Gasteiger partial charge in [-0.25, -0.2) is 0 Å². The van der Waals surface area contributed by atoms with E-state index in [-0.39, 0.29) is 5.91 Å². The minimum Gasteiger partial charge on any atom is -0.348 e. The molecule has 1 aliphatic rings. The molecule has 1 amide bonds. The Kier molecular flexibility index (Phi) is 4.93. The number of amides is 1. The third-order valence-electron chi connectivity index (χ3n) is 3.58. The lowest BCUT2D eigenvalue weighted by molar-refractivity contribution is -0.130. The zero-order valence-electron chi connectivity index (χ0n) is 11.7. The molecule has 0 saturated carbocycles. The van der Waals surface area contributed by atoms with Gasteiger partial charge in [-0.3, -0.25) is 14.8 Å². The number of rotatable bonds is 5. The molecule has 2 N–H and O–H groups in total. The Bertz CT molecular complexity index is 382. The van der Waals surface area contributed by atoms with Crippen molar-refractivity contribution in [1.82, 2.24) is 25.3 Å². The van der Waals surface area contributed by atoms with Gasteiger partial charge >= 0.3 is 0 Å². The molecule has 0 spiro atoms. The molecule has 2 rings (SSSR count). The van der Waals surface area contributed by atoms with Crippen molar-refractivity contribution in [3.63, 3.8) is 0 Å². The van der Waals surface area contributed by atoms with E-state index in [4.69, 9.17) is 0 Å². The highest BCUT2D eigenvalue weighted by molar-refractivity contribution is 5.77. The standard InChI is InChI=1S/C13H23N5O/c1-17(2)13(19)10-18-7-4-11(5-8-18)14-9-12-3-6-15-16-12/h3,6,11,14H,4-5,7-10H2,1-2H3,(H,15,16). The average molecular weight is 265 g/mol. The molecule has 0 atom stereocenters. The number of hydrogen-bond acceptors (Lipinski definition) is 4. The molecule has 106 valence electrons. The van der Waals surface area contributed by atoms with Crippen LogP contribution in [0.1, 0.15) is 18.5 Å². The predicted octanol–water partition coefficient (Wildman–Crippen LogP) is 0.0519. The summed E-state index contributed by atoms with van der Waals surface area (Å²) in [5.74, 6) is 0.184. The molecule has 0 unspecified atom stereocenters. The quantitative estimate of drug-likeness (QED) is 0.790. The number of aromatic amines is 1. The Balaban J connectivity index is 1.66. The van der Waals surface area contributed by atoms with Crippen LogP contribution in [0.15, 0.2) is 12.3 Å². The second-order valence-electron chi connectivity index (χ2n) is 5.30. The number of piperidine rings is 1. The van der Waals surface area contributed by atoms with Crippen LogP contribution in [0.5, 0.6) is 0 Å². The summed E-state index contributed by atoms with van der Waals surface area (Å²) in [5, 5.41) is 10.4. The lowest BCUT2D eigenvalue weighted by atomic mass is 10.0. The molecule has 6 nitrogen and oxygen atoms in total. The van der Waals surface area contributed by atoms with E-state index in [0.29, 0.717) is 12.6 Å². The summed E-state index contributed by atoms with van der Waals surface area (Å²) in [6.45, 7) is 3.35. The monoisotopic (exact) mass is 265 g/mol. The highest BCUT2D eigenvalue weighted by atomic mass is 16.2. The minimum atomic E-state index is 0.184. The normalized spacial score (nSPS) is 17.6. The number of carbonyl (C=O) groups excluding carboxylic acids is 1. The molecule has 1 saturated heterocycles. The molecular formula is C13H23N5O. The molecule has 1 aliphatic heterocycles. The summed E-state index contributed by atoms with van der Waals surface area (Å²) in [5.41, 5.74) is 1.12. The fraction of sp³-hybridized carbons (Fsp3) is 0.692. The fourth-order valence-electron chi connectivity index (χ4n) is 2.27. The van der Waals surface area contributed by atoms with Crippen molar-refractivity contribution < 1.29 is 4.79 Å². The molecule has 1 aromatic rings. The van der Waals surface area contributed by atoms with Crippen LogP contribution >= 0.6 is 0 Å². The highest BCUT2D eigenvalue weighted by Crippen LogP contribution is 2.10. The van der Waals surface area contributed by atoms with Gasteiger partial charge in [0.15, 0.2) is 0 Å². The van der Waals surface area contributed by atoms with Gasteiger partial charge in [0, 0.05) is 51.7 Å². The number of nitrogens with zero attached hydrogens (tertiary/aromatic N) is 3. The average Bonchev–Trinajstić information content (AvgIpc) is 2.91. The molecule has 0 radical (unpaired) electrons. The smallest absolute Gasteiger partial charge is 0.236 e. The van der Waals surface area contributed by atoms with Gasteiger partial charge < -0.3 is 10.2 Å². The van der Waals surface area contributed by atoms with E-state index < -0.39 is 0 Å². The number of likely N-dealkylation sites (tertiary alicyclic amines) is 1. The fourth-order valence-corrected chi connectivity index (χ4v) is 2.27. The number of hydrogen-bond donors (Lipinski definition) is 2. The first-order valence-electron chi connectivity index (χ1n) is 6.79.